The van der Waals surface area contributed by atoms with Gasteiger partial charge in [-0.2, -0.15) is 12.7 Å². The molecule has 0 aliphatic rings. The summed E-state index contributed by atoms with van der Waals surface area (Å²) in [5.74, 6) is -2.06. The van der Waals surface area contributed by atoms with Crippen molar-refractivity contribution in [2.24, 2.45) is 0 Å². The molecule has 0 saturated heterocycles. The van der Waals surface area contributed by atoms with Crippen molar-refractivity contribution >= 4 is 50.9 Å². The minimum absolute atomic E-state index is 0.168. The van der Waals surface area contributed by atoms with Gasteiger partial charge in [-0.3, -0.25) is 9.59 Å². The first kappa shape index (κ1) is 26.8. The van der Waals surface area contributed by atoms with Crippen LogP contribution >= 0.6 is 23.2 Å². The van der Waals surface area contributed by atoms with Gasteiger partial charge in [-0.05, 0) is 31.2 Å². The summed E-state index contributed by atoms with van der Waals surface area (Å²) in [4.78, 5) is 26.9. The minimum Gasteiger partial charge on any atom is -0.357 e. The third-order valence-electron chi connectivity index (χ3n) is 4.94. The minimum atomic E-state index is -4.26. The normalized spacial score (nSPS) is 12.4. The van der Waals surface area contributed by atoms with Crippen LogP contribution in [-0.2, 0) is 26.3 Å². The highest BCUT2D eigenvalue weighted by Crippen LogP contribution is 2.28. The van der Waals surface area contributed by atoms with E-state index in [-0.39, 0.29) is 22.3 Å². The number of amides is 2. The number of nitrogens with one attached hydrogen (secondary N) is 1. The van der Waals surface area contributed by atoms with Crippen LogP contribution in [0.5, 0.6) is 0 Å². The Labute approximate surface area is 203 Å². The quantitative estimate of drug-likeness (QED) is 0.552. The van der Waals surface area contributed by atoms with E-state index in [4.69, 9.17) is 23.2 Å². The molecule has 0 heterocycles. The summed E-state index contributed by atoms with van der Waals surface area (Å²) in [6.45, 7) is 0.555. The average Bonchev–Trinajstić information content (AvgIpc) is 2.76. The van der Waals surface area contributed by atoms with Crippen LogP contribution in [0.1, 0.15) is 12.5 Å². The second kappa shape index (κ2) is 11.1. The number of halogens is 3. The number of nitrogens with zero attached hydrogens (tertiary/aromatic N) is 3. The Morgan fingerprint density at radius 1 is 1.06 bits per heavy atom. The van der Waals surface area contributed by atoms with Crippen LogP contribution in [-0.4, -0.2) is 63.2 Å². The lowest BCUT2D eigenvalue weighted by atomic mass is 10.1. The maximum Gasteiger partial charge on any atom is 0.304 e. The van der Waals surface area contributed by atoms with Crippen molar-refractivity contribution in [2.75, 3.05) is 32.0 Å². The standard InChI is InChI=1S/C21H25Cl2FN4O4S/c1-14(21(30)25-2)27(12-15-16(22)8-7-9-17(15)23)20(29)13-28(33(31,32)26(3)4)19-11-6-5-10-18(19)24/h5-11,14H,12-13H2,1-4H3,(H,25,30)/t14-/m0/s1. The molecule has 0 radical (unpaired) electrons. The van der Waals surface area contributed by atoms with Crippen molar-refractivity contribution in [3.63, 3.8) is 0 Å². The summed E-state index contributed by atoms with van der Waals surface area (Å²) < 4.78 is 42.0. The molecule has 1 atom stereocenters. The molecule has 2 aromatic rings. The zero-order valence-electron chi connectivity index (χ0n) is 18.5. The van der Waals surface area contributed by atoms with Gasteiger partial charge in [0.15, 0.2) is 0 Å². The Balaban J connectivity index is 2.52. The van der Waals surface area contributed by atoms with E-state index < -0.39 is 40.4 Å². The molecule has 2 amide bonds. The summed E-state index contributed by atoms with van der Waals surface area (Å²) >= 11 is 12.5. The maximum atomic E-state index is 14.5. The maximum absolute atomic E-state index is 14.5. The largest absolute Gasteiger partial charge is 0.357 e. The van der Waals surface area contributed by atoms with Crippen LogP contribution in [0.2, 0.25) is 10.0 Å². The van der Waals surface area contributed by atoms with Gasteiger partial charge in [0.1, 0.15) is 18.4 Å². The third-order valence-corrected chi connectivity index (χ3v) is 7.46. The molecule has 0 spiro atoms. The van der Waals surface area contributed by atoms with Crippen LogP contribution in [0.25, 0.3) is 0 Å². The zero-order valence-corrected chi connectivity index (χ0v) is 20.9. The van der Waals surface area contributed by atoms with Gasteiger partial charge in [0.2, 0.25) is 11.8 Å². The smallest absolute Gasteiger partial charge is 0.304 e. The first-order valence-corrected chi connectivity index (χ1v) is 12.0. The molecule has 0 aromatic heterocycles. The van der Waals surface area contributed by atoms with Gasteiger partial charge >= 0.3 is 10.2 Å². The van der Waals surface area contributed by atoms with E-state index in [1.54, 1.807) is 18.2 Å². The lowest BCUT2D eigenvalue weighted by Crippen LogP contribution is -2.52. The lowest BCUT2D eigenvalue weighted by Gasteiger charge is -2.33. The van der Waals surface area contributed by atoms with Crippen molar-refractivity contribution in [1.82, 2.24) is 14.5 Å². The predicted octanol–water partition coefficient (Wildman–Crippen LogP) is 2.91. The van der Waals surface area contributed by atoms with Gasteiger partial charge in [-0.25, -0.2) is 8.70 Å². The van der Waals surface area contributed by atoms with E-state index >= 15 is 0 Å². The summed E-state index contributed by atoms with van der Waals surface area (Å²) in [6.07, 6.45) is 0. The van der Waals surface area contributed by atoms with Crippen LogP contribution in [0.3, 0.4) is 0 Å². The zero-order chi connectivity index (χ0) is 24.9. The highest BCUT2D eigenvalue weighted by atomic mass is 35.5. The van der Waals surface area contributed by atoms with E-state index in [2.05, 4.69) is 5.32 Å². The van der Waals surface area contributed by atoms with Gasteiger partial charge < -0.3 is 10.2 Å². The number of benzene rings is 2. The van der Waals surface area contributed by atoms with Gasteiger partial charge in [-0.15, -0.1) is 0 Å². The number of carbonyl (C=O) groups is 2. The van der Waals surface area contributed by atoms with E-state index in [1.165, 1.54) is 46.3 Å². The van der Waals surface area contributed by atoms with Crippen molar-refractivity contribution in [2.45, 2.75) is 19.5 Å². The van der Waals surface area contributed by atoms with Crippen molar-refractivity contribution < 1.29 is 22.4 Å². The van der Waals surface area contributed by atoms with Crippen LogP contribution in [0.15, 0.2) is 42.5 Å². The highest BCUT2D eigenvalue weighted by Gasteiger charge is 2.34. The first-order chi connectivity index (χ1) is 15.4. The number of hydrogen-bond acceptors (Lipinski definition) is 4. The summed E-state index contributed by atoms with van der Waals surface area (Å²) in [7, 11) is -0.317. The Bertz CT molecular complexity index is 1110. The fourth-order valence-electron chi connectivity index (χ4n) is 3.00. The Hall–Kier alpha value is -2.40. The van der Waals surface area contributed by atoms with Crippen LogP contribution in [0, 0.1) is 5.82 Å². The summed E-state index contributed by atoms with van der Waals surface area (Å²) in [5.41, 5.74) is 0.0840. The highest BCUT2D eigenvalue weighted by molar-refractivity contribution is 7.90. The molecule has 33 heavy (non-hydrogen) atoms. The summed E-state index contributed by atoms with van der Waals surface area (Å²) in [6, 6.07) is 8.99. The molecule has 180 valence electrons. The Morgan fingerprint density at radius 3 is 2.15 bits per heavy atom. The topological polar surface area (TPSA) is 90.0 Å². The number of carbonyl (C=O) groups excluding carboxylic acids is 2. The van der Waals surface area contributed by atoms with E-state index in [9.17, 15) is 22.4 Å². The molecule has 0 aliphatic heterocycles. The molecule has 0 saturated carbocycles. The van der Waals surface area contributed by atoms with Gasteiger partial charge in [0, 0.05) is 43.3 Å². The molecule has 2 aromatic carbocycles. The fraction of sp³-hybridized carbons (Fsp3) is 0.333. The number of hydrogen-bond donors (Lipinski definition) is 1. The lowest BCUT2D eigenvalue weighted by molar-refractivity contribution is -0.139. The predicted molar refractivity (Wildman–Crippen MR) is 127 cm³/mol. The van der Waals surface area contributed by atoms with Crippen LogP contribution in [0.4, 0.5) is 10.1 Å². The third kappa shape index (κ3) is 6.14. The van der Waals surface area contributed by atoms with Crippen LogP contribution < -0.4 is 9.62 Å². The number of rotatable bonds is 9. The molecule has 1 N–H and O–H groups in total. The van der Waals surface area contributed by atoms with E-state index in [0.717, 1.165) is 15.3 Å². The molecule has 0 fully saturated rings. The number of para-hydroxylation sites is 1. The summed E-state index contributed by atoms with van der Waals surface area (Å²) in [5, 5.41) is 3.01. The van der Waals surface area contributed by atoms with E-state index in [1.807, 2.05) is 0 Å². The van der Waals surface area contributed by atoms with Gasteiger partial charge in [0.05, 0.1) is 5.69 Å². The molecule has 2 rings (SSSR count). The second-order valence-electron chi connectivity index (χ2n) is 7.26. The molecule has 8 nitrogen and oxygen atoms in total. The van der Waals surface area contributed by atoms with Crippen molar-refractivity contribution in [1.29, 1.82) is 0 Å². The Morgan fingerprint density at radius 2 is 1.64 bits per heavy atom. The number of anilines is 1. The van der Waals surface area contributed by atoms with Gasteiger partial charge in [0.25, 0.3) is 0 Å². The molecule has 0 aliphatic carbocycles. The molecular formula is C21H25Cl2FN4O4S. The molecule has 0 bridgehead atoms. The average molecular weight is 519 g/mol. The van der Waals surface area contributed by atoms with Crippen molar-refractivity contribution in [3.05, 3.63) is 63.9 Å². The second-order valence-corrected chi connectivity index (χ2v) is 10.1. The monoisotopic (exact) mass is 518 g/mol. The molecular weight excluding hydrogens is 494 g/mol. The van der Waals surface area contributed by atoms with Gasteiger partial charge in [-0.1, -0.05) is 41.4 Å². The number of likely N-dealkylation sites (N-methyl/N-ethyl adjacent to an activating group) is 1. The fourth-order valence-corrected chi connectivity index (χ4v) is 4.58. The molecule has 12 heteroatoms. The van der Waals surface area contributed by atoms with E-state index in [0.29, 0.717) is 9.87 Å². The molecule has 0 unspecified atom stereocenters. The first-order valence-electron chi connectivity index (χ1n) is 9.80. The SMILES string of the molecule is CNC(=O)[C@H](C)N(Cc1c(Cl)cccc1Cl)C(=O)CN(c1ccccc1F)S(=O)(=O)N(C)C. The van der Waals surface area contributed by atoms with Crippen molar-refractivity contribution in [3.8, 4) is 0 Å². The Kier molecular flexibility index (Phi) is 9.07.